The van der Waals surface area contributed by atoms with E-state index >= 15 is 0 Å². The molecule has 3 aromatic carbocycles. The summed E-state index contributed by atoms with van der Waals surface area (Å²) < 4.78 is 26.8. The first-order valence-corrected chi connectivity index (χ1v) is 9.57. The van der Waals surface area contributed by atoms with Crippen LogP contribution in [0.5, 0.6) is 11.5 Å². The number of aromatic nitrogens is 4. The molecule has 4 rings (SSSR count). The topological polar surface area (TPSA) is 62.1 Å². The molecule has 0 saturated heterocycles. The van der Waals surface area contributed by atoms with Gasteiger partial charge in [-0.3, -0.25) is 0 Å². The van der Waals surface area contributed by atoms with Gasteiger partial charge in [-0.15, -0.1) is 5.10 Å². The summed E-state index contributed by atoms with van der Waals surface area (Å²) in [7, 11) is 1.62. The number of benzene rings is 3. The molecule has 0 unspecified atom stereocenters. The van der Waals surface area contributed by atoms with E-state index in [1.165, 1.54) is 10.7 Å². The van der Waals surface area contributed by atoms with E-state index in [1.807, 2.05) is 48.5 Å². The number of halogens is 2. The second-order valence-corrected chi connectivity index (χ2v) is 6.89. The maximum absolute atomic E-state index is 14.2. The average Bonchev–Trinajstić information content (AvgIpc) is 3.23. The number of tetrazole rings is 1. The van der Waals surface area contributed by atoms with Gasteiger partial charge in [0.05, 0.1) is 13.7 Å². The number of nitrogens with zero attached hydrogens (tertiary/aromatic N) is 4. The molecule has 0 radical (unpaired) electrons. The highest BCUT2D eigenvalue weighted by Crippen LogP contribution is 2.26. The smallest absolute Gasteiger partial charge is 0.182 e. The summed E-state index contributed by atoms with van der Waals surface area (Å²) in [6.07, 6.45) is 0. The first kappa shape index (κ1) is 19.8. The van der Waals surface area contributed by atoms with E-state index in [1.54, 1.807) is 19.2 Å². The van der Waals surface area contributed by atoms with Crippen molar-refractivity contribution < 1.29 is 13.9 Å². The van der Waals surface area contributed by atoms with Gasteiger partial charge in [-0.05, 0) is 46.8 Å². The lowest BCUT2D eigenvalue weighted by Gasteiger charge is -2.12. The standard InChI is InChI=1S/C22H18ClFN4O2/c1-29-16-9-11-17(12-10-16)30-14-15-5-2-3-6-18(15)22-25-26-27-28(22)13-19-20(23)7-4-8-21(19)24/h2-12H,13-14H2,1H3. The van der Waals surface area contributed by atoms with Crippen LogP contribution in [-0.4, -0.2) is 27.3 Å². The van der Waals surface area contributed by atoms with Gasteiger partial charge in [0.25, 0.3) is 0 Å². The highest BCUT2D eigenvalue weighted by molar-refractivity contribution is 6.31. The number of ether oxygens (including phenoxy) is 2. The summed E-state index contributed by atoms with van der Waals surface area (Å²) >= 11 is 6.16. The molecule has 0 amide bonds. The van der Waals surface area contributed by atoms with Crippen LogP contribution in [0.3, 0.4) is 0 Å². The minimum absolute atomic E-state index is 0.113. The maximum atomic E-state index is 14.2. The predicted octanol–water partition coefficient (Wildman–Crippen LogP) is 4.77. The van der Waals surface area contributed by atoms with Crippen molar-refractivity contribution in [3.63, 3.8) is 0 Å². The summed E-state index contributed by atoms with van der Waals surface area (Å²) in [5.41, 5.74) is 2.02. The van der Waals surface area contributed by atoms with Gasteiger partial charge in [-0.2, -0.15) is 0 Å². The third-order valence-corrected chi connectivity index (χ3v) is 4.97. The largest absolute Gasteiger partial charge is 0.497 e. The Morgan fingerprint density at radius 1 is 0.967 bits per heavy atom. The molecule has 4 aromatic rings. The zero-order valence-electron chi connectivity index (χ0n) is 16.1. The summed E-state index contributed by atoms with van der Waals surface area (Å²) in [6, 6.07) is 19.6. The van der Waals surface area contributed by atoms with Crippen LogP contribution in [0.15, 0.2) is 66.7 Å². The minimum Gasteiger partial charge on any atom is -0.497 e. The van der Waals surface area contributed by atoms with Crippen molar-refractivity contribution in [1.29, 1.82) is 0 Å². The summed E-state index contributed by atoms with van der Waals surface area (Å²) in [6.45, 7) is 0.428. The Labute approximate surface area is 177 Å². The van der Waals surface area contributed by atoms with Gasteiger partial charge < -0.3 is 9.47 Å². The molecule has 0 bridgehead atoms. The monoisotopic (exact) mass is 424 g/mol. The Morgan fingerprint density at radius 3 is 2.50 bits per heavy atom. The van der Waals surface area contributed by atoms with Crippen LogP contribution in [0, 0.1) is 5.82 Å². The lowest BCUT2D eigenvalue weighted by Crippen LogP contribution is -2.08. The summed E-state index contributed by atoms with van der Waals surface area (Å²) in [4.78, 5) is 0. The summed E-state index contributed by atoms with van der Waals surface area (Å²) in [5, 5.41) is 12.3. The zero-order chi connectivity index (χ0) is 20.9. The normalized spacial score (nSPS) is 10.8. The second-order valence-electron chi connectivity index (χ2n) is 6.48. The average molecular weight is 425 g/mol. The van der Waals surface area contributed by atoms with Crippen LogP contribution in [0.4, 0.5) is 4.39 Å². The van der Waals surface area contributed by atoms with Gasteiger partial charge in [0.2, 0.25) is 0 Å². The minimum atomic E-state index is -0.403. The van der Waals surface area contributed by atoms with E-state index in [2.05, 4.69) is 15.5 Å². The SMILES string of the molecule is COc1ccc(OCc2ccccc2-c2nnnn2Cc2c(F)cccc2Cl)cc1. The van der Waals surface area contributed by atoms with E-state index in [9.17, 15) is 4.39 Å². The second kappa shape index (κ2) is 8.92. The number of rotatable bonds is 7. The van der Waals surface area contributed by atoms with Gasteiger partial charge >= 0.3 is 0 Å². The van der Waals surface area contributed by atoms with E-state index in [0.717, 1.165) is 16.9 Å². The fourth-order valence-corrected chi connectivity index (χ4v) is 3.26. The molecule has 0 spiro atoms. The van der Waals surface area contributed by atoms with E-state index in [0.29, 0.717) is 28.8 Å². The first-order valence-electron chi connectivity index (χ1n) is 9.20. The maximum Gasteiger partial charge on any atom is 0.182 e. The van der Waals surface area contributed by atoms with Crippen LogP contribution in [0.1, 0.15) is 11.1 Å². The number of hydrogen-bond donors (Lipinski definition) is 0. The molecule has 1 heterocycles. The lowest BCUT2D eigenvalue weighted by molar-refractivity contribution is 0.306. The van der Waals surface area contributed by atoms with Crippen LogP contribution in [-0.2, 0) is 13.2 Å². The highest BCUT2D eigenvalue weighted by atomic mass is 35.5. The van der Waals surface area contributed by atoms with Gasteiger partial charge in [-0.25, -0.2) is 9.07 Å². The highest BCUT2D eigenvalue weighted by Gasteiger charge is 2.16. The lowest BCUT2D eigenvalue weighted by atomic mass is 10.1. The Balaban J connectivity index is 1.59. The van der Waals surface area contributed by atoms with Crippen molar-refractivity contribution >= 4 is 11.6 Å². The van der Waals surface area contributed by atoms with Gasteiger partial charge in [0, 0.05) is 21.7 Å². The molecule has 1 aromatic heterocycles. The van der Waals surface area contributed by atoms with Crippen LogP contribution < -0.4 is 9.47 Å². The van der Waals surface area contributed by atoms with E-state index in [-0.39, 0.29) is 6.54 Å². The first-order chi connectivity index (χ1) is 14.7. The molecule has 0 fully saturated rings. The van der Waals surface area contributed by atoms with Crippen LogP contribution >= 0.6 is 11.6 Å². The Bertz CT molecular complexity index is 1130. The van der Waals surface area contributed by atoms with E-state index in [4.69, 9.17) is 21.1 Å². The molecule has 30 heavy (non-hydrogen) atoms. The molecule has 0 aliphatic rings. The van der Waals surface area contributed by atoms with Crippen molar-refractivity contribution in [1.82, 2.24) is 20.2 Å². The quantitative estimate of drug-likeness (QED) is 0.427. The molecule has 152 valence electrons. The fraction of sp³-hybridized carbons (Fsp3) is 0.136. The van der Waals surface area contributed by atoms with Gasteiger partial charge in [0.1, 0.15) is 23.9 Å². The Kier molecular flexibility index (Phi) is 5.90. The van der Waals surface area contributed by atoms with E-state index < -0.39 is 5.82 Å². The third kappa shape index (κ3) is 4.26. The van der Waals surface area contributed by atoms with Crippen LogP contribution in [0.25, 0.3) is 11.4 Å². The summed E-state index contributed by atoms with van der Waals surface area (Å²) in [5.74, 6) is 1.57. The van der Waals surface area contributed by atoms with Crippen molar-refractivity contribution in [2.45, 2.75) is 13.2 Å². The van der Waals surface area contributed by atoms with Crippen molar-refractivity contribution in [2.75, 3.05) is 7.11 Å². The molecule has 0 aliphatic heterocycles. The molecular formula is C22H18ClFN4O2. The molecular weight excluding hydrogens is 407 g/mol. The predicted molar refractivity (Wildman–Crippen MR) is 111 cm³/mol. The van der Waals surface area contributed by atoms with Crippen LogP contribution in [0.2, 0.25) is 5.02 Å². The molecule has 0 atom stereocenters. The molecule has 6 nitrogen and oxygen atoms in total. The van der Waals surface area contributed by atoms with Crippen molar-refractivity contribution in [2.24, 2.45) is 0 Å². The Morgan fingerprint density at radius 2 is 1.73 bits per heavy atom. The van der Waals surface area contributed by atoms with Gasteiger partial charge in [0.15, 0.2) is 5.82 Å². The molecule has 8 heteroatoms. The Hall–Kier alpha value is -3.45. The number of hydrogen-bond acceptors (Lipinski definition) is 5. The third-order valence-electron chi connectivity index (χ3n) is 4.61. The van der Waals surface area contributed by atoms with Crippen molar-refractivity contribution in [3.8, 4) is 22.9 Å². The molecule has 0 aliphatic carbocycles. The number of methoxy groups -OCH3 is 1. The van der Waals surface area contributed by atoms with Crippen molar-refractivity contribution in [3.05, 3.63) is 88.7 Å². The van der Waals surface area contributed by atoms with Gasteiger partial charge in [-0.1, -0.05) is 41.9 Å². The molecule has 0 N–H and O–H groups in total. The molecule has 0 saturated carbocycles. The fourth-order valence-electron chi connectivity index (χ4n) is 3.03. The zero-order valence-corrected chi connectivity index (χ0v) is 16.9.